The minimum atomic E-state index is 0.0310. The second-order valence-electron chi connectivity index (χ2n) is 4.93. The number of thiophene rings is 1. The van der Waals surface area contributed by atoms with Gasteiger partial charge in [0.05, 0.1) is 5.75 Å². The minimum Gasteiger partial charge on any atom is -0.358 e. The third-order valence-corrected chi connectivity index (χ3v) is 5.67. The van der Waals surface area contributed by atoms with Crippen molar-refractivity contribution in [1.82, 2.24) is 15.3 Å². The van der Waals surface area contributed by atoms with Crippen molar-refractivity contribution in [2.75, 3.05) is 12.8 Å². The summed E-state index contributed by atoms with van der Waals surface area (Å²) in [6, 6.07) is 0. The van der Waals surface area contributed by atoms with E-state index in [2.05, 4.69) is 15.3 Å². The van der Waals surface area contributed by atoms with Gasteiger partial charge in [-0.2, -0.15) is 0 Å². The fraction of sp³-hybridized carbons (Fsp3) is 0.500. The van der Waals surface area contributed by atoms with Crippen LogP contribution >= 0.6 is 23.1 Å². The zero-order valence-corrected chi connectivity index (χ0v) is 13.3. The Morgan fingerprint density at radius 2 is 2.15 bits per heavy atom. The third kappa shape index (κ3) is 2.54. The first kappa shape index (κ1) is 13.8. The van der Waals surface area contributed by atoms with Gasteiger partial charge < -0.3 is 5.32 Å². The van der Waals surface area contributed by atoms with Gasteiger partial charge in [-0.1, -0.05) is 11.8 Å². The zero-order chi connectivity index (χ0) is 14.1. The van der Waals surface area contributed by atoms with E-state index in [0.717, 1.165) is 28.5 Å². The van der Waals surface area contributed by atoms with Crippen LogP contribution in [0.1, 0.15) is 29.1 Å². The fourth-order valence-electron chi connectivity index (χ4n) is 2.54. The summed E-state index contributed by atoms with van der Waals surface area (Å²) in [5.41, 5.74) is 1.43. The van der Waals surface area contributed by atoms with Gasteiger partial charge in [0, 0.05) is 17.3 Å². The van der Waals surface area contributed by atoms with E-state index in [-0.39, 0.29) is 5.91 Å². The molecule has 0 saturated carbocycles. The topological polar surface area (TPSA) is 54.9 Å². The highest BCUT2D eigenvalue weighted by Crippen LogP contribution is 2.39. The van der Waals surface area contributed by atoms with Gasteiger partial charge in [-0.15, -0.1) is 11.3 Å². The van der Waals surface area contributed by atoms with Crippen molar-refractivity contribution in [2.24, 2.45) is 0 Å². The van der Waals surface area contributed by atoms with E-state index in [1.807, 2.05) is 6.92 Å². The Morgan fingerprint density at radius 1 is 1.35 bits per heavy atom. The Labute approximate surface area is 126 Å². The quantitative estimate of drug-likeness (QED) is 0.700. The number of aromatic nitrogens is 2. The number of carbonyl (C=O) groups is 1. The molecule has 4 nitrogen and oxygen atoms in total. The number of nitrogens with zero attached hydrogens (tertiary/aromatic N) is 2. The van der Waals surface area contributed by atoms with Gasteiger partial charge in [-0.3, -0.25) is 4.79 Å². The molecule has 106 valence electrons. The molecule has 0 spiro atoms. The highest BCUT2D eigenvalue weighted by Gasteiger charge is 2.21. The first-order chi connectivity index (χ1) is 9.69. The predicted molar refractivity (Wildman–Crippen MR) is 83.6 cm³/mol. The molecular formula is C14H17N3OS2. The van der Waals surface area contributed by atoms with Crippen molar-refractivity contribution in [3.05, 3.63) is 16.3 Å². The van der Waals surface area contributed by atoms with Crippen LogP contribution in [0, 0.1) is 6.92 Å². The molecule has 0 aromatic carbocycles. The molecule has 1 amide bonds. The molecule has 0 atom stereocenters. The minimum absolute atomic E-state index is 0.0310. The van der Waals surface area contributed by atoms with E-state index in [1.54, 1.807) is 18.4 Å². The van der Waals surface area contributed by atoms with Crippen molar-refractivity contribution < 1.29 is 4.79 Å². The smallest absolute Gasteiger partial charge is 0.230 e. The normalized spacial score (nSPS) is 14.3. The van der Waals surface area contributed by atoms with E-state index in [1.165, 1.54) is 40.4 Å². The number of fused-ring (bicyclic) bond motifs is 3. The van der Waals surface area contributed by atoms with Crippen molar-refractivity contribution in [3.63, 3.8) is 0 Å². The average Bonchev–Trinajstić information content (AvgIpc) is 2.82. The van der Waals surface area contributed by atoms with Crippen LogP contribution in [0.15, 0.2) is 5.03 Å². The number of hydrogen-bond acceptors (Lipinski definition) is 5. The van der Waals surface area contributed by atoms with Crippen LogP contribution in [0.4, 0.5) is 0 Å². The van der Waals surface area contributed by atoms with Gasteiger partial charge in [0.15, 0.2) is 0 Å². The number of carbonyl (C=O) groups excluding carboxylic acids is 1. The van der Waals surface area contributed by atoms with Crippen LogP contribution < -0.4 is 5.32 Å². The fourth-order valence-corrected chi connectivity index (χ4v) is 4.88. The van der Waals surface area contributed by atoms with Gasteiger partial charge in [-0.05, 0) is 38.2 Å². The van der Waals surface area contributed by atoms with Gasteiger partial charge in [0.25, 0.3) is 0 Å². The Kier molecular flexibility index (Phi) is 3.94. The molecule has 1 aliphatic carbocycles. The van der Waals surface area contributed by atoms with Gasteiger partial charge in [0.1, 0.15) is 15.7 Å². The van der Waals surface area contributed by atoms with Gasteiger partial charge in [-0.25, -0.2) is 9.97 Å². The molecule has 0 radical (unpaired) electrons. The summed E-state index contributed by atoms with van der Waals surface area (Å²) in [5.74, 6) is 1.23. The molecule has 6 heteroatoms. The molecular weight excluding hydrogens is 290 g/mol. The van der Waals surface area contributed by atoms with Crippen molar-refractivity contribution >= 4 is 39.2 Å². The summed E-state index contributed by atoms with van der Waals surface area (Å²) in [5, 5.41) is 4.82. The molecule has 2 heterocycles. The van der Waals surface area contributed by atoms with Crippen molar-refractivity contribution in [3.8, 4) is 0 Å². The third-order valence-electron chi connectivity index (χ3n) is 3.51. The summed E-state index contributed by atoms with van der Waals surface area (Å²) in [7, 11) is 1.66. The van der Waals surface area contributed by atoms with Crippen LogP contribution in [0.2, 0.25) is 0 Å². The number of amides is 1. The monoisotopic (exact) mass is 307 g/mol. The SMILES string of the molecule is CNC(=O)CSc1nc(C)nc2sc3c(c12)CCCC3. The summed E-state index contributed by atoms with van der Waals surface area (Å²) in [6.07, 6.45) is 4.80. The number of aryl methyl sites for hydroxylation is 3. The Morgan fingerprint density at radius 3 is 2.95 bits per heavy atom. The van der Waals surface area contributed by atoms with Crippen molar-refractivity contribution in [1.29, 1.82) is 0 Å². The molecule has 0 unspecified atom stereocenters. The average molecular weight is 307 g/mol. The molecule has 0 saturated heterocycles. The molecule has 1 aliphatic rings. The standard InChI is InChI=1S/C14H17N3OS2/c1-8-16-13(19-7-11(18)15-2)12-9-5-3-4-6-10(9)20-14(12)17-8/h3-7H2,1-2H3,(H,15,18). The van der Waals surface area contributed by atoms with E-state index in [9.17, 15) is 4.79 Å². The zero-order valence-electron chi connectivity index (χ0n) is 11.7. The summed E-state index contributed by atoms with van der Waals surface area (Å²) in [4.78, 5) is 23.2. The lowest BCUT2D eigenvalue weighted by Gasteiger charge is -2.11. The van der Waals surface area contributed by atoms with E-state index in [4.69, 9.17) is 0 Å². The molecule has 1 N–H and O–H groups in total. The lowest BCUT2D eigenvalue weighted by molar-refractivity contribution is -0.118. The summed E-state index contributed by atoms with van der Waals surface area (Å²) in [6.45, 7) is 1.92. The Bertz CT molecular complexity index is 666. The molecule has 20 heavy (non-hydrogen) atoms. The number of hydrogen-bond donors (Lipinski definition) is 1. The molecule has 2 aromatic rings. The first-order valence-electron chi connectivity index (χ1n) is 6.81. The largest absolute Gasteiger partial charge is 0.358 e. The Balaban J connectivity index is 2.05. The second kappa shape index (κ2) is 5.69. The van der Waals surface area contributed by atoms with Crippen LogP contribution in [0.5, 0.6) is 0 Å². The molecule has 3 rings (SSSR count). The lowest BCUT2D eigenvalue weighted by atomic mass is 9.97. The molecule has 0 fully saturated rings. The van der Waals surface area contributed by atoms with Crippen LogP contribution in [-0.2, 0) is 17.6 Å². The van der Waals surface area contributed by atoms with E-state index >= 15 is 0 Å². The lowest BCUT2D eigenvalue weighted by Crippen LogP contribution is -2.19. The van der Waals surface area contributed by atoms with E-state index < -0.39 is 0 Å². The number of thioether (sulfide) groups is 1. The maximum atomic E-state index is 11.5. The Hall–Kier alpha value is -1.14. The summed E-state index contributed by atoms with van der Waals surface area (Å²) < 4.78 is 0. The van der Waals surface area contributed by atoms with E-state index in [0.29, 0.717) is 5.75 Å². The summed E-state index contributed by atoms with van der Waals surface area (Å²) >= 11 is 3.32. The number of nitrogens with one attached hydrogen (secondary N) is 1. The maximum Gasteiger partial charge on any atom is 0.230 e. The van der Waals surface area contributed by atoms with Crippen LogP contribution in [0.3, 0.4) is 0 Å². The van der Waals surface area contributed by atoms with Crippen LogP contribution in [0.25, 0.3) is 10.2 Å². The maximum absolute atomic E-state index is 11.5. The van der Waals surface area contributed by atoms with Crippen molar-refractivity contribution in [2.45, 2.75) is 37.6 Å². The molecule has 0 aliphatic heterocycles. The molecule has 2 aromatic heterocycles. The predicted octanol–water partition coefficient (Wildman–Crippen LogP) is 2.72. The second-order valence-corrected chi connectivity index (χ2v) is 6.98. The number of rotatable bonds is 3. The highest BCUT2D eigenvalue weighted by atomic mass is 32.2. The molecule has 0 bridgehead atoms. The van der Waals surface area contributed by atoms with Crippen LogP contribution in [-0.4, -0.2) is 28.7 Å². The highest BCUT2D eigenvalue weighted by molar-refractivity contribution is 8.00. The van der Waals surface area contributed by atoms with Gasteiger partial charge >= 0.3 is 0 Å². The van der Waals surface area contributed by atoms with Gasteiger partial charge in [0.2, 0.25) is 5.91 Å². The first-order valence-corrected chi connectivity index (χ1v) is 8.61.